The zero-order chi connectivity index (χ0) is 22.5. The molecule has 0 aliphatic heterocycles. The Morgan fingerprint density at radius 3 is 1.42 bits per heavy atom. The standard InChI is InChI=1S/C26H47O2PS2/c1-3-5-7-9-11-13-15-20-24-27-29(30,31-26-22-18-17-19-23-26)28-25-21-16-14-12-10-8-6-4-2/h17-19,22-23H,3-16,20-21,24-25H2,1-2H3. The van der Waals surface area contributed by atoms with Gasteiger partial charge < -0.3 is 9.05 Å². The van der Waals surface area contributed by atoms with Crippen molar-refractivity contribution in [3.63, 3.8) is 0 Å². The van der Waals surface area contributed by atoms with Gasteiger partial charge in [-0.2, -0.15) is 0 Å². The average Bonchev–Trinajstić information content (AvgIpc) is 2.77. The van der Waals surface area contributed by atoms with Crippen LogP contribution in [0.5, 0.6) is 0 Å². The molecule has 31 heavy (non-hydrogen) atoms. The molecule has 0 aromatic heterocycles. The minimum absolute atomic E-state index is 0.726. The smallest absolute Gasteiger partial charge is 0.252 e. The van der Waals surface area contributed by atoms with E-state index in [4.69, 9.17) is 20.9 Å². The number of hydrogen-bond acceptors (Lipinski definition) is 4. The van der Waals surface area contributed by atoms with Crippen LogP contribution >= 0.6 is 17.1 Å². The molecule has 0 unspecified atom stereocenters. The lowest BCUT2D eigenvalue weighted by Gasteiger charge is -2.21. The Kier molecular flexibility index (Phi) is 19.5. The highest BCUT2D eigenvalue weighted by atomic mass is 32.9. The van der Waals surface area contributed by atoms with Crippen molar-refractivity contribution in [3.8, 4) is 0 Å². The third-order valence-corrected chi connectivity index (χ3v) is 10.4. The lowest BCUT2D eigenvalue weighted by Crippen LogP contribution is -1.98. The molecule has 0 aliphatic carbocycles. The largest absolute Gasteiger partial charge is 0.321 e. The summed E-state index contributed by atoms with van der Waals surface area (Å²) in [6.45, 7) is 5.99. The predicted molar refractivity (Wildman–Crippen MR) is 144 cm³/mol. The summed E-state index contributed by atoms with van der Waals surface area (Å²) in [5.41, 5.74) is -2.33. The van der Waals surface area contributed by atoms with E-state index in [0.717, 1.165) is 31.0 Å². The first-order valence-corrected chi connectivity index (χ1v) is 16.9. The van der Waals surface area contributed by atoms with E-state index in [9.17, 15) is 0 Å². The van der Waals surface area contributed by atoms with Gasteiger partial charge in [-0.15, -0.1) is 0 Å². The van der Waals surface area contributed by atoms with Crippen LogP contribution in [0.25, 0.3) is 0 Å². The van der Waals surface area contributed by atoms with E-state index in [-0.39, 0.29) is 0 Å². The zero-order valence-corrected chi connectivity index (χ0v) is 22.7. The van der Waals surface area contributed by atoms with E-state index in [2.05, 4.69) is 38.1 Å². The van der Waals surface area contributed by atoms with Gasteiger partial charge in [0.2, 0.25) is 0 Å². The number of hydrogen-bond donors (Lipinski definition) is 0. The van der Waals surface area contributed by atoms with Crippen molar-refractivity contribution in [2.45, 2.75) is 121 Å². The normalized spacial score (nSPS) is 11.8. The minimum Gasteiger partial charge on any atom is -0.321 e. The predicted octanol–water partition coefficient (Wildman–Crippen LogP) is 10.3. The van der Waals surface area contributed by atoms with Gasteiger partial charge in [0.25, 0.3) is 5.69 Å². The van der Waals surface area contributed by atoms with Crippen LogP contribution in [-0.4, -0.2) is 13.2 Å². The van der Waals surface area contributed by atoms with E-state index < -0.39 is 5.69 Å². The van der Waals surface area contributed by atoms with Crippen molar-refractivity contribution in [2.75, 3.05) is 13.2 Å². The summed E-state index contributed by atoms with van der Waals surface area (Å²) in [6, 6.07) is 10.4. The number of benzene rings is 1. The fraction of sp³-hybridized carbons (Fsp3) is 0.769. The maximum atomic E-state index is 6.22. The van der Waals surface area contributed by atoms with E-state index in [1.165, 1.54) is 89.9 Å². The van der Waals surface area contributed by atoms with Crippen molar-refractivity contribution in [1.29, 1.82) is 0 Å². The molecule has 0 N–H and O–H groups in total. The first kappa shape index (κ1) is 29.2. The molecular weight excluding hydrogens is 439 g/mol. The van der Waals surface area contributed by atoms with Gasteiger partial charge in [0, 0.05) is 4.90 Å². The monoisotopic (exact) mass is 486 g/mol. The molecular formula is C26H47O2PS2. The fourth-order valence-corrected chi connectivity index (χ4v) is 8.07. The molecule has 5 heteroatoms. The molecule has 0 amide bonds. The van der Waals surface area contributed by atoms with Gasteiger partial charge in [0.05, 0.1) is 13.2 Å². The quantitative estimate of drug-likeness (QED) is 0.120. The molecule has 1 aromatic rings. The molecule has 0 aliphatic rings. The molecule has 0 fully saturated rings. The van der Waals surface area contributed by atoms with Crippen molar-refractivity contribution >= 4 is 28.9 Å². The first-order chi connectivity index (χ1) is 15.2. The molecule has 0 radical (unpaired) electrons. The summed E-state index contributed by atoms with van der Waals surface area (Å²) in [7, 11) is 0. The van der Waals surface area contributed by atoms with Crippen LogP contribution in [0.15, 0.2) is 35.2 Å². The second-order valence-corrected chi connectivity index (χ2v) is 14.7. The van der Waals surface area contributed by atoms with Crippen LogP contribution in [-0.2, 0) is 20.9 Å². The van der Waals surface area contributed by atoms with Crippen LogP contribution in [0, 0.1) is 0 Å². The average molecular weight is 487 g/mol. The lowest BCUT2D eigenvalue weighted by atomic mass is 10.1. The van der Waals surface area contributed by atoms with Crippen molar-refractivity contribution in [3.05, 3.63) is 30.3 Å². The topological polar surface area (TPSA) is 18.5 Å². The highest BCUT2D eigenvalue weighted by molar-refractivity contribution is 8.67. The molecule has 0 saturated heterocycles. The maximum absolute atomic E-state index is 6.22. The Morgan fingerprint density at radius 2 is 1.00 bits per heavy atom. The van der Waals surface area contributed by atoms with Gasteiger partial charge in [-0.3, -0.25) is 0 Å². The van der Waals surface area contributed by atoms with Gasteiger partial charge in [0.15, 0.2) is 0 Å². The van der Waals surface area contributed by atoms with Gasteiger partial charge in [0.1, 0.15) is 0 Å². The molecule has 0 spiro atoms. The molecule has 0 bridgehead atoms. The molecule has 180 valence electrons. The van der Waals surface area contributed by atoms with Crippen molar-refractivity contribution in [1.82, 2.24) is 0 Å². The fourth-order valence-electron chi connectivity index (χ4n) is 3.53. The van der Waals surface area contributed by atoms with E-state index in [0.29, 0.717) is 0 Å². The van der Waals surface area contributed by atoms with Crippen LogP contribution < -0.4 is 0 Å². The lowest BCUT2D eigenvalue weighted by molar-refractivity contribution is 0.249. The Balaban J connectivity index is 2.27. The van der Waals surface area contributed by atoms with Crippen LogP contribution in [0.3, 0.4) is 0 Å². The van der Waals surface area contributed by atoms with Crippen molar-refractivity contribution < 1.29 is 9.05 Å². The summed E-state index contributed by atoms with van der Waals surface area (Å²) in [4.78, 5) is 1.15. The van der Waals surface area contributed by atoms with Crippen molar-refractivity contribution in [2.24, 2.45) is 0 Å². The highest BCUT2D eigenvalue weighted by Crippen LogP contribution is 2.64. The Hall–Kier alpha value is 0.140. The summed E-state index contributed by atoms with van der Waals surface area (Å²) in [5.74, 6) is 0. The zero-order valence-electron chi connectivity index (χ0n) is 20.2. The van der Waals surface area contributed by atoms with Gasteiger partial charge >= 0.3 is 0 Å². The molecule has 0 heterocycles. The SMILES string of the molecule is CCCCCCCCCCOP(=S)(OCCCCCCCCCC)Sc1ccccc1. The third kappa shape index (κ3) is 17.3. The van der Waals surface area contributed by atoms with Gasteiger partial charge in [-0.1, -0.05) is 122 Å². The summed E-state index contributed by atoms with van der Waals surface area (Å²) < 4.78 is 12.4. The summed E-state index contributed by atoms with van der Waals surface area (Å²) in [5, 5.41) is 0. The first-order valence-electron chi connectivity index (χ1n) is 12.8. The Morgan fingerprint density at radius 1 is 0.613 bits per heavy atom. The van der Waals surface area contributed by atoms with Gasteiger partial charge in [-0.25, -0.2) is 0 Å². The minimum atomic E-state index is -2.33. The Bertz CT molecular complexity index is 528. The molecule has 0 saturated carbocycles. The second-order valence-electron chi connectivity index (χ2n) is 8.47. The van der Waals surface area contributed by atoms with Crippen LogP contribution in [0.1, 0.15) is 117 Å². The van der Waals surface area contributed by atoms with Crippen LogP contribution in [0.4, 0.5) is 0 Å². The van der Waals surface area contributed by atoms with E-state index >= 15 is 0 Å². The Labute approximate surface area is 202 Å². The van der Waals surface area contributed by atoms with E-state index in [1.54, 1.807) is 11.4 Å². The third-order valence-electron chi connectivity index (χ3n) is 5.46. The summed E-state index contributed by atoms with van der Waals surface area (Å²) in [6.07, 6.45) is 20.8. The number of unbranched alkanes of at least 4 members (excludes halogenated alkanes) is 14. The molecule has 2 nitrogen and oxygen atoms in total. The van der Waals surface area contributed by atoms with Crippen LogP contribution in [0.2, 0.25) is 0 Å². The second kappa shape index (κ2) is 20.7. The van der Waals surface area contributed by atoms with Gasteiger partial charge in [-0.05, 0) is 48.2 Å². The number of rotatable bonds is 22. The maximum Gasteiger partial charge on any atom is 0.252 e. The summed E-state index contributed by atoms with van der Waals surface area (Å²) >= 11 is 7.54. The molecule has 1 aromatic carbocycles. The molecule has 0 atom stereocenters. The van der Waals surface area contributed by atoms with E-state index in [1.807, 2.05) is 6.07 Å². The highest BCUT2D eigenvalue weighted by Gasteiger charge is 2.21. The molecule has 1 rings (SSSR count).